The van der Waals surface area contributed by atoms with Crippen LogP contribution in [0.4, 0.5) is 8.78 Å². The van der Waals surface area contributed by atoms with Gasteiger partial charge in [0.2, 0.25) is 0 Å². The summed E-state index contributed by atoms with van der Waals surface area (Å²) in [5.74, 6) is -0.549. The predicted molar refractivity (Wildman–Crippen MR) is 61.6 cm³/mol. The van der Waals surface area contributed by atoms with Crippen molar-refractivity contribution in [1.29, 1.82) is 0 Å². The van der Waals surface area contributed by atoms with Crippen LogP contribution in [0.2, 0.25) is 0 Å². The lowest BCUT2D eigenvalue weighted by molar-refractivity contribution is 0.0858. The lowest BCUT2D eigenvalue weighted by atomic mass is 10.3. The van der Waals surface area contributed by atoms with E-state index in [0.29, 0.717) is 23.8 Å². The number of thioether (sulfide) groups is 1. The minimum Gasteiger partial charge on any atom is -0.376 e. The molecule has 1 aromatic rings. The van der Waals surface area contributed by atoms with Crippen molar-refractivity contribution in [3.8, 4) is 0 Å². The highest BCUT2D eigenvalue weighted by Crippen LogP contribution is 2.23. The first-order chi connectivity index (χ1) is 7.67. The van der Waals surface area contributed by atoms with Crippen LogP contribution in [0.25, 0.3) is 0 Å². The molecule has 1 rings (SSSR count). The number of rotatable bonds is 6. The van der Waals surface area contributed by atoms with Crippen LogP contribution in [0.1, 0.15) is 6.92 Å². The first-order valence-corrected chi connectivity index (χ1v) is 6.05. The molecular formula is C11H15F2NOS. The van der Waals surface area contributed by atoms with E-state index in [9.17, 15) is 8.78 Å². The molecule has 2 nitrogen and oxygen atoms in total. The molecule has 16 heavy (non-hydrogen) atoms. The van der Waals surface area contributed by atoms with Crippen molar-refractivity contribution in [2.75, 3.05) is 18.9 Å². The summed E-state index contributed by atoms with van der Waals surface area (Å²) in [4.78, 5) is 0.416. The van der Waals surface area contributed by atoms with Crippen molar-refractivity contribution in [2.45, 2.75) is 17.9 Å². The standard InChI is InChI=1S/C11H15F2NOS/c1-2-15-9(6-14)7-16-11-4-3-8(12)5-10(11)13/h3-5,9H,2,6-7,14H2,1H3. The van der Waals surface area contributed by atoms with E-state index in [0.717, 1.165) is 6.07 Å². The molecule has 0 saturated heterocycles. The lowest BCUT2D eigenvalue weighted by Crippen LogP contribution is -2.26. The van der Waals surface area contributed by atoms with Crippen molar-refractivity contribution >= 4 is 11.8 Å². The van der Waals surface area contributed by atoms with Gasteiger partial charge in [0.1, 0.15) is 11.6 Å². The second-order valence-electron chi connectivity index (χ2n) is 3.20. The van der Waals surface area contributed by atoms with Gasteiger partial charge < -0.3 is 10.5 Å². The van der Waals surface area contributed by atoms with Crippen LogP contribution in [0, 0.1) is 11.6 Å². The summed E-state index contributed by atoms with van der Waals surface area (Å²) in [6, 6.07) is 3.54. The molecule has 90 valence electrons. The molecule has 1 unspecified atom stereocenters. The Morgan fingerprint density at radius 2 is 2.19 bits per heavy atom. The van der Waals surface area contributed by atoms with E-state index in [-0.39, 0.29) is 6.10 Å². The van der Waals surface area contributed by atoms with Gasteiger partial charge in [-0.3, -0.25) is 0 Å². The van der Waals surface area contributed by atoms with Crippen LogP contribution in [0.15, 0.2) is 23.1 Å². The quantitative estimate of drug-likeness (QED) is 0.784. The highest BCUT2D eigenvalue weighted by atomic mass is 32.2. The first-order valence-electron chi connectivity index (χ1n) is 5.07. The second kappa shape index (κ2) is 6.83. The van der Waals surface area contributed by atoms with Gasteiger partial charge in [0, 0.05) is 29.9 Å². The van der Waals surface area contributed by atoms with Crippen molar-refractivity contribution in [2.24, 2.45) is 5.73 Å². The number of nitrogens with two attached hydrogens (primary N) is 1. The Bertz CT molecular complexity index is 336. The van der Waals surface area contributed by atoms with Crippen LogP contribution >= 0.6 is 11.8 Å². The van der Waals surface area contributed by atoms with E-state index in [1.165, 1.54) is 23.9 Å². The van der Waals surface area contributed by atoms with Gasteiger partial charge in [0.15, 0.2) is 0 Å². The fourth-order valence-corrected chi connectivity index (χ4v) is 2.15. The zero-order valence-electron chi connectivity index (χ0n) is 9.08. The Morgan fingerprint density at radius 3 is 2.75 bits per heavy atom. The average Bonchev–Trinajstić information content (AvgIpc) is 2.26. The van der Waals surface area contributed by atoms with Gasteiger partial charge in [-0.15, -0.1) is 11.8 Å². The van der Waals surface area contributed by atoms with Crippen molar-refractivity contribution in [1.82, 2.24) is 0 Å². The SMILES string of the molecule is CCOC(CN)CSc1ccc(F)cc1F. The summed E-state index contributed by atoms with van der Waals surface area (Å²) < 4.78 is 31.2. The molecule has 0 bridgehead atoms. The van der Waals surface area contributed by atoms with Crippen molar-refractivity contribution in [3.05, 3.63) is 29.8 Å². The number of hydrogen-bond donors (Lipinski definition) is 1. The number of benzene rings is 1. The normalized spacial score (nSPS) is 12.8. The maximum Gasteiger partial charge on any atom is 0.139 e. The van der Waals surface area contributed by atoms with Crippen LogP contribution in [0.5, 0.6) is 0 Å². The molecule has 0 aliphatic rings. The smallest absolute Gasteiger partial charge is 0.139 e. The average molecular weight is 247 g/mol. The molecule has 5 heteroatoms. The lowest BCUT2D eigenvalue weighted by Gasteiger charge is -2.14. The molecule has 0 spiro atoms. The molecule has 0 aliphatic heterocycles. The molecule has 1 aromatic carbocycles. The predicted octanol–water partition coefficient (Wildman–Crippen LogP) is 2.42. The Kier molecular flexibility index (Phi) is 5.73. The maximum absolute atomic E-state index is 13.3. The molecule has 0 amide bonds. The van der Waals surface area contributed by atoms with Crippen molar-refractivity contribution < 1.29 is 13.5 Å². The Hall–Kier alpha value is -0.650. The third-order valence-corrected chi connectivity index (χ3v) is 3.16. The molecule has 0 fully saturated rings. The van der Waals surface area contributed by atoms with Gasteiger partial charge in [-0.2, -0.15) is 0 Å². The minimum absolute atomic E-state index is 0.0977. The van der Waals surface area contributed by atoms with Gasteiger partial charge in [0.25, 0.3) is 0 Å². The first kappa shape index (κ1) is 13.4. The van der Waals surface area contributed by atoms with Crippen LogP contribution < -0.4 is 5.73 Å². The van der Waals surface area contributed by atoms with Gasteiger partial charge in [0.05, 0.1) is 6.10 Å². The zero-order valence-corrected chi connectivity index (χ0v) is 9.90. The number of hydrogen-bond acceptors (Lipinski definition) is 3. The largest absolute Gasteiger partial charge is 0.376 e. The summed E-state index contributed by atoms with van der Waals surface area (Å²) in [6.45, 7) is 2.85. The van der Waals surface area contributed by atoms with E-state index in [2.05, 4.69) is 0 Å². The van der Waals surface area contributed by atoms with Crippen LogP contribution in [0.3, 0.4) is 0 Å². The molecule has 0 aromatic heterocycles. The van der Waals surface area contributed by atoms with Crippen LogP contribution in [-0.2, 0) is 4.74 Å². The van der Waals surface area contributed by atoms with E-state index in [1.54, 1.807) is 0 Å². The second-order valence-corrected chi connectivity index (χ2v) is 4.26. The van der Waals surface area contributed by atoms with Crippen molar-refractivity contribution in [3.63, 3.8) is 0 Å². The summed E-state index contributed by atoms with van der Waals surface area (Å²) in [5.41, 5.74) is 5.49. The zero-order chi connectivity index (χ0) is 12.0. The van der Waals surface area contributed by atoms with Gasteiger partial charge in [-0.25, -0.2) is 8.78 Å². The topological polar surface area (TPSA) is 35.2 Å². The number of halogens is 2. The molecule has 2 N–H and O–H groups in total. The Morgan fingerprint density at radius 1 is 1.44 bits per heavy atom. The van der Waals surface area contributed by atoms with E-state index in [4.69, 9.17) is 10.5 Å². The summed E-state index contributed by atoms with van der Waals surface area (Å²) in [6.07, 6.45) is -0.0977. The third kappa shape index (κ3) is 4.08. The fraction of sp³-hybridized carbons (Fsp3) is 0.455. The van der Waals surface area contributed by atoms with Gasteiger partial charge >= 0.3 is 0 Å². The molecule has 0 heterocycles. The van der Waals surface area contributed by atoms with Gasteiger partial charge in [-0.1, -0.05) is 0 Å². The summed E-state index contributed by atoms with van der Waals surface area (Å²) >= 11 is 1.28. The Balaban J connectivity index is 2.53. The maximum atomic E-state index is 13.3. The van der Waals surface area contributed by atoms with E-state index < -0.39 is 11.6 Å². The number of ether oxygens (including phenoxy) is 1. The van der Waals surface area contributed by atoms with E-state index >= 15 is 0 Å². The molecule has 0 radical (unpaired) electrons. The molecule has 1 atom stereocenters. The fourth-order valence-electron chi connectivity index (χ4n) is 1.19. The monoisotopic (exact) mass is 247 g/mol. The highest BCUT2D eigenvalue weighted by Gasteiger charge is 2.09. The molecule has 0 aliphatic carbocycles. The van der Waals surface area contributed by atoms with Crippen LogP contribution in [-0.4, -0.2) is 25.0 Å². The molecular weight excluding hydrogens is 232 g/mol. The van der Waals surface area contributed by atoms with E-state index in [1.807, 2.05) is 6.92 Å². The summed E-state index contributed by atoms with van der Waals surface area (Å²) in [7, 11) is 0. The Labute approximate surface area is 98.2 Å². The summed E-state index contributed by atoms with van der Waals surface area (Å²) in [5, 5.41) is 0. The minimum atomic E-state index is -0.568. The van der Waals surface area contributed by atoms with Gasteiger partial charge in [-0.05, 0) is 19.1 Å². The third-order valence-electron chi connectivity index (χ3n) is 1.98. The highest BCUT2D eigenvalue weighted by molar-refractivity contribution is 7.99. The molecule has 0 saturated carbocycles.